The highest BCUT2D eigenvalue weighted by Gasteiger charge is 1.99. The molecule has 3 N–H and O–H groups in total. The minimum atomic E-state index is 0.800. The van der Waals surface area contributed by atoms with Crippen LogP contribution < -0.4 is 11.1 Å². The summed E-state index contributed by atoms with van der Waals surface area (Å²) in [6.45, 7) is 4.82. The Bertz CT molecular complexity index is 491. The number of nitrogens with zero attached hydrogens (tertiary/aromatic N) is 1. The number of rotatable bonds is 3. The highest BCUT2D eigenvalue weighted by molar-refractivity contribution is 7.11. The van der Waals surface area contributed by atoms with Crippen molar-refractivity contribution in [3.8, 4) is 0 Å². The van der Waals surface area contributed by atoms with Gasteiger partial charge in [-0.2, -0.15) is 0 Å². The molecule has 1 aromatic carbocycles. The summed E-state index contributed by atoms with van der Waals surface area (Å²) in [6.07, 6.45) is 1.91. The van der Waals surface area contributed by atoms with E-state index in [9.17, 15) is 0 Å². The molecule has 0 unspecified atom stereocenters. The van der Waals surface area contributed by atoms with Gasteiger partial charge in [-0.25, -0.2) is 4.98 Å². The lowest BCUT2D eigenvalue weighted by molar-refractivity contribution is 1.17. The molecule has 0 radical (unpaired) electrons. The van der Waals surface area contributed by atoms with E-state index in [4.69, 9.17) is 5.73 Å². The van der Waals surface area contributed by atoms with E-state index in [2.05, 4.69) is 10.3 Å². The van der Waals surface area contributed by atoms with Crippen LogP contribution in [0.4, 0.5) is 11.4 Å². The molecule has 1 heterocycles. The number of benzene rings is 1. The molecule has 2 rings (SSSR count). The second-order valence-corrected chi connectivity index (χ2v) is 5.09. The molecule has 0 atom stereocenters. The maximum absolute atomic E-state index is 5.84. The van der Waals surface area contributed by atoms with E-state index < -0.39 is 0 Å². The van der Waals surface area contributed by atoms with Crippen LogP contribution in [0.5, 0.6) is 0 Å². The molecule has 0 aliphatic heterocycles. The number of thiazole rings is 1. The Hall–Kier alpha value is -1.55. The van der Waals surface area contributed by atoms with Gasteiger partial charge in [0, 0.05) is 22.4 Å². The number of hydrogen-bond donors (Lipinski definition) is 2. The van der Waals surface area contributed by atoms with E-state index in [-0.39, 0.29) is 0 Å². The fraction of sp³-hybridized carbons (Fsp3) is 0.250. The molecule has 3 nitrogen and oxygen atoms in total. The van der Waals surface area contributed by atoms with E-state index in [0.29, 0.717) is 0 Å². The first kappa shape index (κ1) is 11.0. The molecule has 0 spiro atoms. The van der Waals surface area contributed by atoms with Crippen LogP contribution in [0.2, 0.25) is 0 Å². The molecule has 0 amide bonds. The van der Waals surface area contributed by atoms with Crippen LogP contribution in [0.1, 0.15) is 15.4 Å². The first-order valence-electron chi connectivity index (χ1n) is 5.16. The Morgan fingerprint density at radius 2 is 2.19 bits per heavy atom. The van der Waals surface area contributed by atoms with Gasteiger partial charge in [-0.05, 0) is 31.5 Å². The third-order valence-electron chi connectivity index (χ3n) is 2.42. The van der Waals surface area contributed by atoms with Crippen molar-refractivity contribution in [1.29, 1.82) is 0 Å². The van der Waals surface area contributed by atoms with Crippen molar-refractivity contribution in [2.45, 2.75) is 20.4 Å². The molecule has 2 aromatic rings. The van der Waals surface area contributed by atoms with E-state index in [1.54, 1.807) is 11.3 Å². The zero-order valence-electron chi connectivity index (χ0n) is 9.45. The van der Waals surface area contributed by atoms with Crippen molar-refractivity contribution >= 4 is 22.7 Å². The largest absolute Gasteiger partial charge is 0.398 e. The van der Waals surface area contributed by atoms with Gasteiger partial charge in [0.15, 0.2) is 0 Å². The maximum Gasteiger partial charge on any atom is 0.0897 e. The summed E-state index contributed by atoms with van der Waals surface area (Å²) < 4.78 is 0. The third kappa shape index (κ3) is 2.52. The van der Waals surface area contributed by atoms with Crippen LogP contribution in [0, 0.1) is 13.8 Å². The standard InChI is InChI=1S/C12H15N3S/c1-8-3-4-10(5-12(8)13)15-7-11-6-14-9(2)16-11/h3-6,15H,7,13H2,1-2H3. The van der Waals surface area contributed by atoms with Crippen molar-refractivity contribution < 1.29 is 0 Å². The Kier molecular flexibility index (Phi) is 3.10. The van der Waals surface area contributed by atoms with Gasteiger partial charge in [0.2, 0.25) is 0 Å². The van der Waals surface area contributed by atoms with Crippen molar-refractivity contribution in [1.82, 2.24) is 4.98 Å². The minimum absolute atomic E-state index is 0.800. The smallest absolute Gasteiger partial charge is 0.0897 e. The lowest BCUT2D eigenvalue weighted by Gasteiger charge is -2.07. The van der Waals surface area contributed by atoms with Gasteiger partial charge in [-0.3, -0.25) is 0 Å². The summed E-state index contributed by atoms with van der Waals surface area (Å²) in [5.74, 6) is 0. The molecule has 16 heavy (non-hydrogen) atoms. The van der Waals surface area contributed by atoms with Crippen LogP contribution in [0.3, 0.4) is 0 Å². The van der Waals surface area contributed by atoms with Crippen molar-refractivity contribution in [2.24, 2.45) is 0 Å². The normalized spacial score (nSPS) is 10.4. The number of aryl methyl sites for hydroxylation is 2. The molecule has 4 heteroatoms. The van der Waals surface area contributed by atoms with Crippen molar-refractivity contribution in [2.75, 3.05) is 11.1 Å². The molecule has 84 valence electrons. The van der Waals surface area contributed by atoms with Crippen molar-refractivity contribution in [3.63, 3.8) is 0 Å². The molecule has 0 bridgehead atoms. The minimum Gasteiger partial charge on any atom is -0.398 e. The lowest BCUT2D eigenvalue weighted by atomic mass is 10.2. The van der Waals surface area contributed by atoms with Crippen molar-refractivity contribution in [3.05, 3.63) is 39.8 Å². The number of anilines is 2. The predicted molar refractivity (Wildman–Crippen MR) is 69.8 cm³/mol. The quantitative estimate of drug-likeness (QED) is 0.801. The third-order valence-corrected chi connectivity index (χ3v) is 3.33. The topological polar surface area (TPSA) is 50.9 Å². The van der Waals surface area contributed by atoms with Crippen LogP contribution >= 0.6 is 11.3 Å². The SMILES string of the molecule is Cc1ncc(CNc2ccc(C)c(N)c2)s1. The van der Waals surface area contributed by atoms with Crippen LogP contribution in [0.15, 0.2) is 24.4 Å². The zero-order chi connectivity index (χ0) is 11.5. The van der Waals surface area contributed by atoms with E-state index in [1.165, 1.54) is 4.88 Å². The Labute approximate surface area is 99.3 Å². The van der Waals surface area contributed by atoms with E-state index >= 15 is 0 Å². The first-order chi connectivity index (χ1) is 7.65. The molecule has 0 saturated heterocycles. The summed E-state index contributed by atoms with van der Waals surface area (Å²) in [4.78, 5) is 5.45. The Morgan fingerprint density at radius 3 is 2.81 bits per heavy atom. The first-order valence-corrected chi connectivity index (χ1v) is 5.98. The Morgan fingerprint density at radius 1 is 1.38 bits per heavy atom. The number of nitrogens with one attached hydrogen (secondary N) is 1. The number of nitrogens with two attached hydrogens (primary N) is 1. The van der Waals surface area contributed by atoms with Gasteiger partial charge in [0.1, 0.15) is 0 Å². The summed E-state index contributed by atoms with van der Waals surface area (Å²) in [6, 6.07) is 6.03. The molecule has 0 saturated carbocycles. The molecule has 0 fully saturated rings. The summed E-state index contributed by atoms with van der Waals surface area (Å²) in [5.41, 5.74) is 8.83. The zero-order valence-corrected chi connectivity index (χ0v) is 10.3. The average Bonchev–Trinajstić information content (AvgIpc) is 2.66. The second kappa shape index (κ2) is 4.53. The second-order valence-electron chi connectivity index (χ2n) is 3.77. The number of aromatic nitrogens is 1. The predicted octanol–water partition coefficient (Wildman–Crippen LogP) is 2.95. The fourth-order valence-corrected chi connectivity index (χ4v) is 2.16. The molecular formula is C12H15N3S. The molecule has 0 aliphatic rings. The lowest BCUT2D eigenvalue weighted by Crippen LogP contribution is -1.99. The summed E-state index contributed by atoms with van der Waals surface area (Å²) in [7, 11) is 0. The number of hydrogen-bond acceptors (Lipinski definition) is 4. The molecular weight excluding hydrogens is 218 g/mol. The van der Waals surface area contributed by atoms with Gasteiger partial charge >= 0.3 is 0 Å². The van der Waals surface area contributed by atoms with E-state index in [0.717, 1.165) is 28.5 Å². The van der Waals surface area contributed by atoms with Gasteiger partial charge in [0.05, 0.1) is 11.6 Å². The van der Waals surface area contributed by atoms with Crippen LogP contribution in [-0.2, 0) is 6.54 Å². The van der Waals surface area contributed by atoms with Gasteiger partial charge in [0.25, 0.3) is 0 Å². The van der Waals surface area contributed by atoms with E-state index in [1.807, 2.05) is 38.2 Å². The van der Waals surface area contributed by atoms with Gasteiger partial charge in [-0.1, -0.05) is 6.07 Å². The molecule has 1 aromatic heterocycles. The monoisotopic (exact) mass is 233 g/mol. The summed E-state index contributed by atoms with van der Waals surface area (Å²) in [5, 5.41) is 4.43. The average molecular weight is 233 g/mol. The number of nitrogen functional groups attached to an aromatic ring is 1. The Balaban J connectivity index is 2.02. The fourth-order valence-electron chi connectivity index (χ4n) is 1.43. The highest BCUT2D eigenvalue weighted by Crippen LogP contribution is 2.19. The highest BCUT2D eigenvalue weighted by atomic mass is 32.1. The molecule has 0 aliphatic carbocycles. The van der Waals surface area contributed by atoms with Crippen LogP contribution in [-0.4, -0.2) is 4.98 Å². The summed E-state index contributed by atoms with van der Waals surface area (Å²) >= 11 is 1.71. The van der Waals surface area contributed by atoms with Crippen LogP contribution in [0.25, 0.3) is 0 Å². The van der Waals surface area contributed by atoms with Gasteiger partial charge in [-0.15, -0.1) is 11.3 Å². The van der Waals surface area contributed by atoms with Gasteiger partial charge < -0.3 is 11.1 Å². The maximum atomic E-state index is 5.84.